The Balaban J connectivity index is 3.23. The summed E-state index contributed by atoms with van der Waals surface area (Å²) < 4.78 is 33.5. The predicted octanol–water partition coefficient (Wildman–Crippen LogP) is 2.18. The minimum absolute atomic E-state index is 0.0254. The highest BCUT2D eigenvalue weighted by Gasteiger charge is 1.95. The summed E-state index contributed by atoms with van der Waals surface area (Å²) in [6.07, 6.45) is 0.796. The molecule has 9 heavy (non-hydrogen) atoms. The summed E-state index contributed by atoms with van der Waals surface area (Å²) in [5.74, 6) is -0.862. The van der Waals surface area contributed by atoms with Crippen LogP contribution in [0.3, 0.4) is 0 Å². The maximum Gasteiger partial charge on any atom is 0.144 e. The Morgan fingerprint density at radius 2 is 2.67 bits per heavy atom. The lowest BCUT2D eigenvalue weighted by atomic mass is 10.3. The van der Waals surface area contributed by atoms with E-state index in [1.165, 1.54) is 0 Å². The van der Waals surface area contributed by atoms with Crippen molar-refractivity contribution in [3.8, 4) is 0 Å². The van der Waals surface area contributed by atoms with Crippen molar-refractivity contribution in [1.82, 2.24) is 4.98 Å². The highest BCUT2D eigenvalue weighted by molar-refractivity contribution is 6.29. The summed E-state index contributed by atoms with van der Waals surface area (Å²) in [5.41, 5.74) is -0.400. The molecule has 0 N–H and O–H groups in total. The normalized spacial score (nSPS) is 16.0. The van der Waals surface area contributed by atoms with Crippen molar-refractivity contribution in [1.29, 1.82) is 0 Å². The Kier molecular flexibility index (Phi) is 0.904. The fraction of sp³-hybridized carbons (Fsp3) is 0.167. The molecule has 1 aromatic rings. The first kappa shape index (κ1) is 3.52. The number of rotatable bonds is 0. The molecule has 0 unspecified atom stereocenters. The Morgan fingerprint density at radius 1 is 1.89 bits per heavy atom. The Morgan fingerprint density at radius 3 is 3.22 bits per heavy atom. The third kappa shape index (κ3) is 1.39. The number of aryl methyl sites for hydroxylation is 1. The molecule has 0 amide bonds. The van der Waals surface area contributed by atoms with Crippen molar-refractivity contribution in [2.45, 2.75) is 6.85 Å². The van der Waals surface area contributed by atoms with Gasteiger partial charge in [-0.3, -0.25) is 0 Å². The average molecular weight is 149 g/mol. The van der Waals surface area contributed by atoms with E-state index in [0.717, 1.165) is 12.3 Å². The fourth-order valence-electron chi connectivity index (χ4n) is 0.413. The Bertz CT molecular complexity index is 299. The maximum atomic E-state index is 12.8. The Labute approximate surface area is 61.7 Å². The van der Waals surface area contributed by atoms with E-state index in [4.69, 9.17) is 15.7 Å². The van der Waals surface area contributed by atoms with Crippen LogP contribution < -0.4 is 0 Å². The third-order valence-corrected chi connectivity index (χ3v) is 1.03. The molecule has 1 nitrogen and oxygen atoms in total. The van der Waals surface area contributed by atoms with Gasteiger partial charge < -0.3 is 0 Å². The molecule has 0 atom stereocenters. The summed E-state index contributed by atoms with van der Waals surface area (Å²) in [7, 11) is 0. The first-order chi connectivity index (χ1) is 5.41. The summed E-state index contributed by atoms with van der Waals surface area (Å²) in [6, 6.07) is 1.00. The van der Waals surface area contributed by atoms with Crippen molar-refractivity contribution >= 4 is 11.6 Å². The number of aromatic nitrogens is 1. The monoisotopic (exact) mass is 148 g/mol. The van der Waals surface area contributed by atoms with E-state index in [9.17, 15) is 4.39 Å². The first-order valence-electron chi connectivity index (χ1n) is 3.73. The summed E-state index contributed by atoms with van der Waals surface area (Å²) in [4.78, 5) is 3.39. The quantitative estimate of drug-likeness (QED) is 0.514. The first-order valence-corrected chi connectivity index (χ1v) is 2.60. The van der Waals surface area contributed by atoms with Gasteiger partial charge in [0.05, 0.1) is 6.20 Å². The molecule has 0 aliphatic heterocycles. The van der Waals surface area contributed by atoms with Gasteiger partial charge in [0.15, 0.2) is 0 Å². The van der Waals surface area contributed by atoms with Crippen LogP contribution in [0.15, 0.2) is 12.3 Å². The highest BCUT2D eigenvalue weighted by Crippen LogP contribution is 2.09. The minimum Gasteiger partial charge on any atom is -0.242 e. The molecule has 0 saturated carbocycles. The van der Waals surface area contributed by atoms with Crippen LogP contribution in [0.25, 0.3) is 0 Å². The predicted molar refractivity (Wildman–Crippen MR) is 33.9 cm³/mol. The molecule has 48 valence electrons. The molecule has 0 saturated heterocycles. The van der Waals surface area contributed by atoms with E-state index < -0.39 is 18.2 Å². The molecule has 1 aromatic heterocycles. The van der Waals surface area contributed by atoms with Crippen molar-refractivity contribution in [2.75, 3.05) is 0 Å². The van der Waals surface area contributed by atoms with Crippen molar-refractivity contribution in [3.05, 3.63) is 28.8 Å². The fourth-order valence-corrected chi connectivity index (χ4v) is 0.571. The SMILES string of the molecule is [2H]C([2H])([2H])c1cc(Cl)ncc1F. The smallest absolute Gasteiger partial charge is 0.144 e. The van der Waals surface area contributed by atoms with Crippen LogP contribution in [0.1, 0.15) is 9.68 Å². The van der Waals surface area contributed by atoms with Gasteiger partial charge in [0.25, 0.3) is 0 Å². The van der Waals surface area contributed by atoms with Gasteiger partial charge in [-0.15, -0.1) is 0 Å². The van der Waals surface area contributed by atoms with E-state index in [-0.39, 0.29) is 5.15 Å². The van der Waals surface area contributed by atoms with Crippen molar-refractivity contribution in [2.24, 2.45) is 0 Å². The summed E-state index contributed by atoms with van der Waals surface area (Å²) >= 11 is 5.40. The molecule has 0 bridgehead atoms. The molecule has 3 heteroatoms. The van der Waals surface area contributed by atoms with Gasteiger partial charge in [0, 0.05) is 4.11 Å². The van der Waals surface area contributed by atoms with Gasteiger partial charge in [0.2, 0.25) is 0 Å². The van der Waals surface area contributed by atoms with Gasteiger partial charge in [-0.25, -0.2) is 9.37 Å². The van der Waals surface area contributed by atoms with E-state index >= 15 is 0 Å². The van der Waals surface area contributed by atoms with Crippen molar-refractivity contribution < 1.29 is 8.50 Å². The van der Waals surface area contributed by atoms with Crippen LogP contribution in [0.2, 0.25) is 5.15 Å². The van der Waals surface area contributed by atoms with Gasteiger partial charge in [0.1, 0.15) is 11.0 Å². The molecule has 0 fully saturated rings. The molecule has 0 aliphatic rings. The third-order valence-electron chi connectivity index (χ3n) is 0.822. The molecular formula is C6H5ClFN. The van der Waals surface area contributed by atoms with Crippen LogP contribution in [-0.4, -0.2) is 4.98 Å². The number of hydrogen-bond acceptors (Lipinski definition) is 1. The number of nitrogens with zero attached hydrogens (tertiary/aromatic N) is 1. The van der Waals surface area contributed by atoms with Gasteiger partial charge in [-0.1, -0.05) is 11.6 Å². The Hall–Kier alpha value is -0.630. The summed E-state index contributed by atoms with van der Waals surface area (Å²) in [6.45, 7) is -2.48. The van der Waals surface area contributed by atoms with Gasteiger partial charge in [-0.2, -0.15) is 0 Å². The molecule has 0 radical (unpaired) electrons. The summed E-state index contributed by atoms with van der Waals surface area (Å²) in [5, 5.41) is -0.0254. The van der Waals surface area contributed by atoms with Crippen molar-refractivity contribution in [3.63, 3.8) is 0 Å². The zero-order valence-corrected chi connectivity index (χ0v) is 5.11. The standard InChI is InChI=1S/C6H5ClFN/c1-4-2-6(7)9-3-5(4)8/h2-3H,1H3/i1D3. The molecule has 0 aliphatic carbocycles. The zero-order chi connectivity index (χ0) is 9.35. The number of hydrogen-bond donors (Lipinski definition) is 0. The molecule has 0 spiro atoms. The molecule has 1 heterocycles. The molecule has 0 aromatic carbocycles. The van der Waals surface area contributed by atoms with Crippen LogP contribution in [-0.2, 0) is 0 Å². The largest absolute Gasteiger partial charge is 0.242 e. The lowest BCUT2D eigenvalue weighted by Crippen LogP contribution is -1.83. The number of halogens is 2. The highest BCUT2D eigenvalue weighted by atomic mass is 35.5. The lowest BCUT2D eigenvalue weighted by molar-refractivity contribution is 0.612. The van der Waals surface area contributed by atoms with Gasteiger partial charge >= 0.3 is 0 Å². The van der Waals surface area contributed by atoms with Crippen LogP contribution in [0.4, 0.5) is 4.39 Å². The van der Waals surface area contributed by atoms with E-state index in [0.29, 0.717) is 0 Å². The van der Waals surface area contributed by atoms with E-state index in [1.54, 1.807) is 0 Å². The molecular weight excluding hydrogens is 141 g/mol. The van der Waals surface area contributed by atoms with Crippen LogP contribution in [0, 0.1) is 12.7 Å². The second-order valence-electron chi connectivity index (χ2n) is 1.49. The van der Waals surface area contributed by atoms with Crippen LogP contribution in [0.5, 0.6) is 0 Å². The maximum absolute atomic E-state index is 12.8. The zero-order valence-electron chi connectivity index (χ0n) is 7.36. The topological polar surface area (TPSA) is 12.9 Å². The number of pyridine rings is 1. The van der Waals surface area contributed by atoms with E-state index in [1.807, 2.05) is 0 Å². The van der Waals surface area contributed by atoms with Gasteiger partial charge in [-0.05, 0) is 18.5 Å². The van der Waals surface area contributed by atoms with Crippen LogP contribution >= 0.6 is 11.6 Å². The average Bonchev–Trinajstić information content (AvgIpc) is 1.92. The second kappa shape index (κ2) is 2.31. The van der Waals surface area contributed by atoms with E-state index in [2.05, 4.69) is 4.98 Å². The lowest BCUT2D eigenvalue weighted by Gasteiger charge is -1.92. The minimum atomic E-state index is -2.48. The second-order valence-corrected chi connectivity index (χ2v) is 1.87. The molecule has 1 rings (SSSR count).